The monoisotopic (exact) mass is 255 g/mol. The molecule has 0 amide bonds. The first-order valence-electron chi connectivity index (χ1n) is 6.28. The maximum Gasteiger partial charge on any atom is 0.164 e. The molecule has 1 aromatic heterocycles. The summed E-state index contributed by atoms with van der Waals surface area (Å²) in [6, 6.07) is 11.5. The molecule has 0 bridgehead atoms. The van der Waals surface area contributed by atoms with Gasteiger partial charge in [0.25, 0.3) is 0 Å². The van der Waals surface area contributed by atoms with Gasteiger partial charge in [-0.25, -0.2) is 0 Å². The number of aromatic nitrogens is 1. The van der Waals surface area contributed by atoms with Crippen molar-refractivity contribution in [2.24, 2.45) is 0 Å². The zero-order chi connectivity index (χ0) is 13.7. The molecule has 98 valence electrons. The Bertz CT molecular complexity index is 544. The summed E-state index contributed by atoms with van der Waals surface area (Å²) < 4.78 is 5.10. The van der Waals surface area contributed by atoms with Crippen LogP contribution in [0.15, 0.2) is 42.6 Å². The highest BCUT2D eigenvalue weighted by Gasteiger charge is 2.06. The van der Waals surface area contributed by atoms with Crippen LogP contribution >= 0.6 is 0 Å². The second kappa shape index (κ2) is 6.14. The molecule has 0 N–H and O–H groups in total. The van der Waals surface area contributed by atoms with Gasteiger partial charge in [0.1, 0.15) is 5.75 Å². The third-order valence-electron chi connectivity index (χ3n) is 3.03. The summed E-state index contributed by atoms with van der Waals surface area (Å²) in [5.74, 6) is 0.959. The molecule has 2 rings (SSSR count). The summed E-state index contributed by atoms with van der Waals surface area (Å²) in [4.78, 5) is 16.1. The minimum atomic E-state index is 0.128. The molecule has 2 aromatic rings. The van der Waals surface area contributed by atoms with Crippen molar-refractivity contribution in [1.82, 2.24) is 4.98 Å². The Morgan fingerprint density at radius 1 is 1.16 bits per heavy atom. The van der Waals surface area contributed by atoms with E-state index < -0.39 is 0 Å². The van der Waals surface area contributed by atoms with Gasteiger partial charge in [0.2, 0.25) is 0 Å². The molecule has 0 spiro atoms. The zero-order valence-corrected chi connectivity index (χ0v) is 11.2. The SMILES string of the molecule is COc1ccc(CCC(=O)c2ccc(C)nc2)cc1. The maximum atomic E-state index is 12.0. The van der Waals surface area contributed by atoms with Gasteiger partial charge in [0, 0.05) is 23.9 Å². The van der Waals surface area contributed by atoms with E-state index in [1.54, 1.807) is 13.3 Å². The number of Topliss-reactive ketones (excluding diaryl/α,β-unsaturated/α-hetero) is 1. The van der Waals surface area contributed by atoms with Gasteiger partial charge in [0.05, 0.1) is 7.11 Å². The van der Waals surface area contributed by atoms with E-state index >= 15 is 0 Å². The largest absolute Gasteiger partial charge is 0.497 e. The Morgan fingerprint density at radius 2 is 1.89 bits per heavy atom. The Balaban J connectivity index is 1.94. The number of pyridine rings is 1. The second-order valence-electron chi connectivity index (χ2n) is 4.46. The molecule has 0 aliphatic carbocycles. The highest BCUT2D eigenvalue weighted by molar-refractivity contribution is 5.95. The predicted octanol–water partition coefficient (Wildman–Crippen LogP) is 3.21. The molecule has 19 heavy (non-hydrogen) atoms. The topological polar surface area (TPSA) is 39.2 Å². The van der Waals surface area contributed by atoms with E-state index in [0.29, 0.717) is 12.0 Å². The number of rotatable bonds is 5. The van der Waals surface area contributed by atoms with E-state index in [0.717, 1.165) is 23.4 Å². The standard InChI is InChI=1S/C16H17NO2/c1-12-3-7-14(11-17-12)16(18)10-6-13-4-8-15(19-2)9-5-13/h3-5,7-9,11H,6,10H2,1-2H3. The van der Waals surface area contributed by atoms with Crippen LogP contribution in [0, 0.1) is 6.92 Å². The Labute approximate surface area is 113 Å². The van der Waals surface area contributed by atoms with Crippen molar-refractivity contribution in [3.05, 3.63) is 59.4 Å². The van der Waals surface area contributed by atoms with E-state index in [9.17, 15) is 4.79 Å². The maximum absolute atomic E-state index is 12.0. The highest BCUT2D eigenvalue weighted by atomic mass is 16.5. The van der Waals surface area contributed by atoms with Crippen LogP contribution in [0.3, 0.4) is 0 Å². The second-order valence-corrected chi connectivity index (χ2v) is 4.46. The fourth-order valence-corrected chi connectivity index (χ4v) is 1.83. The van der Waals surface area contributed by atoms with Gasteiger partial charge in [-0.05, 0) is 43.2 Å². The van der Waals surface area contributed by atoms with Crippen LogP contribution in [-0.2, 0) is 6.42 Å². The van der Waals surface area contributed by atoms with Gasteiger partial charge < -0.3 is 4.74 Å². The lowest BCUT2D eigenvalue weighted by Gasteiger charge is -2.04. The van der Waals surface area contributed by atoms with Crippen molar-refractivity contribution in [3.63, 3.8) is 0 Å². The number of hydrogen-bond acceptors (Lipinski definition) is 3. The van der Waals surface area contributed by atoms with E-state index in [2.05, 4.69) is 4.98 Å². The van der Waals surface area contributed by atoms with Crippen molar-refractivity contribution in [1.29, 1.82) is 0 Å². The van der Waals surface area contributed by atoms with E-state index in [4.69, 9.17) is 4.74 Å². The molecular formula is C16H17NO2. The third-order valence-corrected chi connectivity index (χ3v) is 3.03. The fourth-order valence-electron chi connectivity index (χ4n) is 1.83. The minimum absolute atomic E-state index is 0.128. The minimum Gasteiger partial charge on any atom is -0.497 e. The number of ketones is 1. The molecule has 1 aromatic carbocycles. The van der Waals surface area contributed by atoms with Crippen molar-refractivity contribution < 1.29 is 9.53 Å². The Morgan fingerprint density at radius 3 is 2.47 bits per heavy atom. The summed E-state index contributed by atoms with van der Waals surface area (Å²) >= 11 is 0. The summed E-state index contributed by atoms with van der Waals surface area (Å²) in [7, 11) is 1.64. The van der Waals surface area contributed by atoms with Crippen molar-refractivity contribution in [2.45, 2.75) is 19.8 Å². The molecule has 1 heterocycles. The first-order valence-corrected chi connectivity index (χ1v) is 6.28. The van der Waals surface area contributed by atoms with Gasteiger partial charge in [0.15, 0.2) is 5.78 Å². The number of aryl methyl sites for hydroxylation is 2. The number of benzene rings is 1. The van der Waals surface area contributed by atoms with Gasteiger partial charge >= 0.3 is 0 Å². The molecule has 0 unspecified atom stereocenters. The summed E-state index contributed by atoms with van der Waals surface area (Å²) in [5.41, 5.74) is 2.74. The first kappa shape index (κ1) is 13.3. The lowest BCUT2D eigenvalue weighted by Crippen LogP contribution is -2.02. The highest BCUT2D eigenvalue weighted by Crippen LogP contribution is 2.13. The van der Waals surface area contributed by atoms with E-state index in [1.165, 1.54) is 0 Å². The molecule has 0 aliphatic rings. The Kier molecular flexibility index (Phi) is 4.29. The lowest BCUT2D eigenvalue weighted by atomic mass is 10.0. The average molecular weight is 255 g/mol. The van der Waals surface area contributed by atoms with Gasteiger partial charge in [-0.2, -0.15) is 0 Å². The average Bonchev–Trinajstić information content (AvgIpc) is 2.46. The van der Waals surface area contributed by atoms with Crippen LogP contribution in [0.25, 0.3) is 0 Å². The van der Waals surface area contributed by atoms with Gasteiger partial charge in [-0.1, -0.05) is 12.1 Å². The number of nitrogens with zero attached hydrogens (tertiary/aromatic N) is 1. The molecule has 0 saturated heterocycles. The van der Waals surface area contributed by atoms with Gasteiger partial charge in [-0.3, -0.25) is 9.78 Å². The quantitative estimate of drug-likeness (QED) is 0.770. The van der Waals surface area contributed by atoms with Crippen molar-refractivity contribution >= 4 is 5.78 Å². The van der Waals surface area contributed by atoms with E-state index in [1.807, 2.05) is 43.3 Å². The predicted molar refractivity (Wildman–Crippen MR) is 74.6 cm³/mol. The molecule has 0 aliphatic heterocycles. The third kappa shape index (κ3) is 3.65. The number of methoxy groups -OCH3 is 1. The summed E-state index contributed by atoms with van der Waals surface area (Å²) in [6.07, 6.45) is 2.87. The van der Waals surface area contributed by atoms with Crippen molar-refractivity contribution in [2.75, 3.05) is 7.11 Å². The molecule has 3 nitrogen and oxygen atoms in total. The van der Waals surface area contributed by atoms with Crippen LogP contribution in [0.1, 0.15) is 28.0 Å². The molecular weight excluding hydrogens is 238 g/mol. The fraction of sp³-hybridized carbons (Fsp3) is 0.250. The summed E-state index contributed by atoms with van der Waals surface area (Å²) in [6.45, 7) is 1.91. The first-order chi connectivity index (χ1) is 9.19. The van der Waals surface area contributed by atoms with Crippen LogP contribution in [0.5, 0.6) is 5.75 Å². The van der Waals surface area contributed by atoms with Crippen LogP contribution in [0.4, 0.5) is 0 Å². The Hall–Kier alpha value is -2.16. The normalized spacial score (nSPS) is 10.2. The van der Waals surface area contributed by atoms with Crippen LogP contribution in [0.2, 0.25) is 0 Å². The van der Waals surface area contributed by atoms with E-state index in [-0.39, 0.29) is 5.78 Å². The van der Waals surface area contributed by atoms with Crippen LogP contribution in [-0.4, -0.2) is 17.9 Å². The molecule has 3 heteroatoms. The number of ether oxygens (including phenoxy) is 1. The molecule has 0 fully saturated rings. The molecule has 0 radical (unpaired) electrons. The summed E-state index contributed by atoms with van der Waals surface area (Å²) in [5, 5.41) is 0. The molecule has 0 atom stereocenters. The molecule has 0 saturated carbocycles. The van der Waals surface area contributed by atoms with Crippen LogP contribution < -0.4 is 4.74 Å². The number of hydrogen-bond donors (Lipinski definition) is 0. The van der Waals surface area contributed by atoms with Crippen molar-refractivity contribution in [3.8, 4) is 5.75 Å². The van der Waals surface area contributed by atoms with Gasteiger partial charge in [-0.15, -0.1) is 0 Å². The number of carbonyl (C=O) groups is 1. The number of carbonyl (C=O) groups excluding carboxylic acids is 1. The zero-order valence-electron chi connectivity index (χ0n) is 11.2. The smallest absolute Gasteiger partial charge is 0.164 e. The lowest BCUT2D eigenvalue weighted by molar-refractivity contribution is 0.0982.